The summed E-state index contributed by atoms with van der Waals surface area (Å²) < 4.78 is 0. The number of amides is 2. The number of aromatic nitrogens is 2. The van der Waals surface area contributed by atoms with Crippen molar-refractivity contribution in [2.75, 3.05) is 44.2 Å². The highest BCUT2D eigenvalue weighted by Gasteiger charge is 2.24. The van der Waals surface area contributed by atoms with Crippen molar-refractivity contribution < 1.29 is 9.59 Å². The number of piperazine rings is 1. The molecule has 3 heterocycles. The number of piperidine rings is 1. The lowest BCUT2D eigenvalue weighted by Gasteiger charge is -2.32. The molecule has 0 saturated carbocycles. The number of hydrogen-bond donors (Lipinski definition) is 0. The van der Waals surface area contributed by atoms with E-state index in [-0.39, 0.29) is 5.91 Å². The van der Waals surface area contributed by atoms with E-state index in [9.17, 15) is 9.59 Å². The molecule has 23 heavy (non-hydrogen) atoms. The minimum Gasteiger partial charge on any atom is -0.356 e. The molecule has 2 fully saturated rings. The molecule has 2 aliphatic heterocycles. The van der Waals surface area contributed by atoms with E-state index < -0.39 is 0 Å². The predicted molar refractivity (Wildman–Crippen MR) is 86.4 cm³/mol. The van der Waals surface area contributed by atoms with Gasteiger partial charge < -0.3 is 14.7 Å². The maximum Gasteiger partial charge on any atom is 0.272 e. The average Bonchev–Trinajstić information content (AvgIpc) is 2.61. The summed E-state index contributed by atoms with van der Waals surface area (Å²) in [5.41, 5.74) is 0.456. The molecule has 7 nitrogen and oxygen atoms in total. The van der Waals surface area contributed by atoms with E-state index >= 15 is 0 Å². The lowest BCUT2D eigenvalue weighted by atomic mass is 10.1. The summed E-state index contributed by atoms with van der Waals surface area (Å²) >= 11 is 0. The summed E-state index contributed by atoms with van der Waals surface area (Å²) in [4.78, 5) is 38.0. The van der Waals surface area contributed by atoms with Gasteiger partial charge in [0, 0.05) is 45.3 Å². The maximum absolute atomic E-state index is 12.7. The first-order valence-electron chi connectivity index (χ1n) is 8.26. The Morgan fingerprint density at radius 3 is 2.39 bits per heavy atom. The van der Waals surface area contributed by atoms with E-state index in [0.717, 1.165) is 25.3 Å². The van der Waals surface area contributed by atoms with Crippen molar-refractivity contribution >= 4 is 18.1 Å². The van der Waals surface area contributed by atoms with Gasteiger partial charge in [0.05, 0.1) is 0 Å². The smallest absolute Gasteiger partial charge is 0.272 e. The Morgan fingerprint density at radius 1 is 1.04 bits per heavy atom. The molecular formula is C16H23N5O2. The molecule has 2 aliphatic rings. The fourth-order valence-corrected chi connectivity index (χ4v) is 3.14. The van der Waals surface area contributed by atoms with Gasteiger partial charge in [0.2, 0.25) is 6.41 Å². The first-order chi connectivity index (χ1) is 11.2. The van der Waals surface area contributed by atoms with Gasteiger partial charge in [-0.15, -0.1) is 0 Å². The molecule has 0 N–H and O–H groups in total. The topological polar surface area (TPSA) is 69.6 Å². The largest absolute Gasteiger partial charge is 0.356 e. The number of aryl methyl sites for hydroxylation is 1. The van der Waals surface area contributed by atoms with Crippen LogP contribution in [-0.4, -0.2) is 71.4 Å². The van der Waals surface area contributed by atoms with Crippen LogP contribution in [0.2, 0.25) is 0 Å². The van der Waals surface area contributed by atoms with Crippen molar-refractivity contribution in [2.24, 2.45) is 0 Å². The van der Waals surface area contributed by atoms with Gasteiger partial charge in [0.25, 0.3) is 5.91 Å². The van der Waals surface area contributed by atoms with Crippen LogP contribution in [0.3, 0.4) is 0 Å². The summed E-state index contributed by atoms with van der Waals surface area (Å²) in [6, 6.07) is 1.81. The minimum atomic E-state index is -0.0701. The van der Waals surface area contributed by atoms with Gasteiger partial charge in [0.1, 0.15) is 17.3 Å². The normalized spacial score (nSPS) is 18.9. The molecule has 0 aromatic carbocycles. The fourth-order valence-electron chi connectivity index (χ4n) is 3.14. The summed E-state index contributed by atoms with van der Waals surface area (Å²) in [5, 5.41) is 0. The van der Waals surface area contributed by atoms with Crippen molar-refractivity contribution in [3.05, 3.63) is 17.6 Å². The van der Waals surface area contributed by atoms with Crippen LogP contribution in [0.15, 0.2) is 6.07 Å². The maximum atomic E-state index is 12.7. The number of rotatable bonds is 3. The molecule has 2 amide bonds. The monoisotopic (exact) mass is 317 g/mol. The number of hydrogen-bond acceptors (Lipinski definition) is 5. The van der Waals surface area contributed by atoms with E-state index in [2.05, 4.69) is 14.9 Å². The van der Waals surface area contributed by atoms with Crippen LogP contribution in [0, 0.1) is 6.92 Å². The molecule has 124 valence electrons. The Labute approximate surface area is 136 Å². The molecular weight excluding hydrogens is 294 g/mol. The second-order valence-corrected chi connectivity index (χ2v) is 6.14. The van der Waals surface area contributed by atoms with Crippen molar-refractivity contribution in [3.63, 3.8) is 0 Å². The van der Waals surface area contributed by atoms with Crippen LogP contribution >= 0.6 is 0 Å². The van der Waals surface area contributed by atoms with Gasteiger partial charge in [-0.2, -0.15) is 0 Å². The number of carbonyl (C=O) groups excluding carboxylic acids is 2. The Balaban J connectivity index is 1.75. The summed E-state index contributed by atoms with van der Waals surface area (Å²) in [5.74, 6) is 1.41. The third kappa shape index (κ3) is 3.60. The Bertz CT molecular complexity index is 578. The Hall–Kier alpha value is -2.18. The van der Waals surface area contributed by atoms with Crippen LogP contribution in [-0.2, 0) is 4.79 Å². The molecule has 0 atom stereocenters. The van der Waals surface area contributed by atoms with Gasteiger partial charge in [-0.1, -0.05) is 0 Å². The predicted octanol–water partition coefficient (Wildman–Crippen LogP) is 0.690. The Kier molecular flexibility index (Phi) is 4.73. The molecule has 1 aromatic rings. The van der Waals surface area contributed by atoms with E-state index in [1.807, 2.05) is 13.0 Å². The second-order valence-electron chi connectivity index (χ2n) is 6.14. The standard InChI is InChI=1S/C16H23N5O2/c1-13-17-14(11-15(18-13)20-5-3-2-4-6-20)16(23)21-9-7-19(12-22)8-10-21/h11-12H,2-10H2,1H3. The van der Waals surface area contributed by atoms with Crippen LogP contribution in [0.1, 0.15) is 35.6 Å². The number of nitrogens with zero attached hydrogens (tertiary/aromatic N) is 5. The number of carbonyl (C=O) groups is 2. The van der Waals surface area contributed by atoms with E-state index in [0.29, 0.717) is 37.7 Å². The summed E-state index contributed by atoms with van der Waals surface area (Å²) in [6.45, 7) is 6.08. The summed E-state index contributed by atoms with van der Waals surface area (Å²) in [6.07, 6.45) is 4.43. The molecule has 1 aromatic heterocycles. The van der Waals surface area contributed by atoms with Crippen molar-refractivity contribution in [3.8, 4) is 0 Å². The van der Waals surface area contributed by atoms with Crippen LogP contribution in [0.5, 0.6) is 0 Å². The van der Waals surface area contributed by atoms with Crippen LogP contribution in [0.25, 0.3) is 0 Å². The highest BCUT2D eigenvalue weighted by atomic mass is 16.2. The molecule has 0 unspecified atom stereocenters. The zero-order valence-electron chi connectivity index (χ0n) is 13.6. The van der Waals surface area contributed by atoms with Crippen LogP contribution in [0.4, 0.5) is 5.82 Å². The van der Waals surface area contributed by atoms with E-state index in [1.54, 1.807) is 9.80 Å². The lowest BCUT2D eigenvalue weighted by molar-refractivity contribution is -0.119. The van der Waals surface area contributed by atoms with Gasteiger partial charge in [-0.05, 0) is 26.2 Å². The third-order valence-electron chi connectivity index (χ3n) is 4.47. The van der Waals surface area contributed by atoms with Crippen LogP contribution < -0.4 is 4.90 Å². The van der Waals surface area contributed by atoms with Gasteiger partial charge >= 0.3 is 0 Å². The highest BCUT2D eigenvalue weighted by molar-refractivity contribution is 5.93. The zero-order chi connectivity index (χ0) is 16.2. The number of anilines is 1. The molecule has 0 aliphatic carbocycles. The third-order valence-corrected chi connectivity index (χ3v) is 4.47. The first kappa shape index (κ1) is 15.7. The van der Waals surface area contributed by atoms with E-state index in [4.69, 9.17) is 0 Å². The van der Waals surface area contributed by atoms with Crippen molar-refractivity contribution in [1.29, 1.82) is 0 Å². The SMILES string of the molecule is Cc1nc(C(=O)N2CCN(C=O)CC2)cc(N2CCCCC2)n1. The van der Waals surface area contributed by atoms with Crippen molar-refractivity contribution in [2.45, 2.75) is 26.2 Å². The molecule has 0 spiro atoms. The van der Waals surface area contributed by atoms with Gasteiger partial charge in [-0.25, -0.2) is 9.97 Å². The molecule has 0 radical (unpaired) electrons. The molecule has 0 bridgehead atoms. The molecule has 7 heteroatoms. The average molecular weight is 317 g/mol. The first-order valence-corrected chi connectivity index (χ1v) is 8.26. The second kappa shape index (κ2) is 6.93. The Morgan fingerprint density at radius 2 is 1.74 bits per heavy atom. The quantitative estimate of drug-likeness (QED) is 0.767. The highest BCUT2D eigenvalue weighted by Crippen LogP contribution is 2.19. The zero-order valence-corrected chi connectivity index (χ0v) is 13.6. The van der Waals surface area contributed by atoms with Gasteiger partial charge in [-0.3, -0.25) is 9.59 Å². The lowest BCUT2D eigenvalue weighted by Crippen LogP contribution is -2.48. The van der Waals surface area contributed by atoms with Crippen molar-refractivity contribution in [1.82, 2.24) is 19.8 Å². The van der Waals surface area contributed by atoms with E-state index in [1.165, 1.54) is 19.3 Å². The summed E-state index contributed by atoms with van der Waals surface area (Å²) in [7, 11) is 0. The fraction of sp³-hybridized carbons (Fsp3) is 0.625. The molecule has 3 rings (SSSR count). The minimum absolute atomic E-state index is 0.0701. The molecule has 2 saturated heterocycles. The van der Waals surface area contributed by atoms with Gasteiger partial charge in [0.15, 0.2) is 0 Å².